The standard InChI is InChI=1S/C52H30N6O2S/c1-3-15-35-31(11-1)13-9-19-42(35)57(33-23-25-39-37-17-5-7-21-44(37)59-46(39)27-33)49-29-48-41(30-53-49)50-51(61-48)54-52(56-55-50)58(43-20-10-14-32-12-2-4-16-36(32)43)34-24-26-40-38-18-6-8-22-45(38)60-47(40)28-34/h1-30H. The molecule has 0 unspecified atom stereocenters. The number of thiophene rings is 1. The van der Waals surface area contributed by atoms with Gasteiger partial charge in [0.15, 0.2) is 0 Å². The fraction of sp³-hybridized carbons (Fsp3) is 0. The van der Waals surface area contributed by atoms with Crippen LogP contribution in [0.25, 0.3) is 85.9 Å². The van der Waals surface area contributed by atoms with E-state index < -0.39 is 0 Å². The summed E-state index contributed by atoms with van der Waals surface area (Å²) < 4.78 is 13.8. The molecule has 0 bridgehead atoms. The first-order chi connectivity index (χ1) is 30.2. The first-order valence-corrected chi connectivity index (χ1v) is 20.8. The van der Waals surface area contributed by atoms with Crippen molar-refractivity contribution in [1.29, 1.82) is 0 Å². The molecule has 286 valence electrons. The van der Waals surface area contributed by atoms with E-state index in [0.717, 1.165) is 109 Å². The molecule has 0 N–H and O–H groups in total. The van der Waals surface area contributed by atoms with Crippen molar-refractivity contribution in [1.82, 2.24) is 20.2 Å². The summed E-state index contributed by atoms with van der Waals surface area (Å²) in [5, 5.41) is 19.3. The van der Waals surface area contributed by atoms with Gasteiger partial charge in [0.25, 0.3) is 5.95 Å². The van der Waals surface area contributed by atoms with Crippen LogP contribution in [0.2, 0.25) is 0 Å². The van der Waals surface area contributed by atoms with E-state index in [1.165, 1.54) is 0 Å². The Bertz CT molecular complexity index is 3630. The summed E-state index contributed by atoms with van der Waals surface area (Å²) in [7, 11) is 0. The molecule has 9 heteroatoms. The normalized spacial score (nSPS) is 11.9. The molecule has 5 heterocycles. The Hall–Kier alpha value is -8.14. The molecule has 0 atom stereocenters. The van der Waals surface area contributed by atoms with E-state index in [1.54, 1.807) is 11.3 Å². The highest BCUT2D eigenvalue weighted by Crippen LogP contribution is 2.44. The maximum Gasteiger partial charge on any atom is 0.255 e. The number of hydrogen-bond donors (Lipinski definition) is 0. The van der Waals surface area contributed by atoms with E-state index in [2.05, 4.69) is 149 Å². The second kappa shape index (κ2) is 13.2. The number of furan rings is 2. The number of para-hydroxylation sites is 2. The monoisotopic (exact) mass is 802 g/mol. The molecule has 8 aromatic carbocycles. The predicted molar refractivity (Wildman–Crippen MR) is 249 cm³/mol. The molecule has 0 saturated carbocycles. The van der Waals surface area contributed by atoms with Crippen LogP contribution in [0.15, 0.2) is 191 Å². The van der Waals surface area contributed by atoms with Gasteiger partial charge < -0.3 is 8.83 Å². The van der Waals surface area contributed by atoms with Crippen molar-refractivity contribution >= 4 is 132 Å². The van der Waals surface area contributed by atoms with Crippen molar-refractivity contribution in [2.45, 2.75) is 0 Å². The Kier molecular flexibility index (Phi) is 7.31. The topological polar surface area (TPSA) is 84.3 Å². The number of benzene rings is 8. The number of pyridine rings is 1. The highest BCUT2D eigenvalue weighted by molar-refractivity contribution is 7.25. The van der Waals surface area contributed by atoms with Gasteiger partial charge in [0.05, 0.1) is 22.7 Å². The molecule has 0 spiro atoms. The van der Waals surface area contributed by atoms with Crippen LogP contribution in [-0.2, 0) is 0 Å². The van der Waals surface area contributed by atoms with Gasteiger partial charge in [-0.15, -0.1) is 21.5 Å². The number of rotatable bonds is 6. The lowest BCUT2D eigenvalue weighted by molar-refractivity contribution is 0.668. The van der Waals surface area contributed by atoms with E-state index in [9.17, 15) is 0 Å². The Morgan fingerprint density at radius 1 is 0.426 bits per heavy atom. The molecule has 13 aromatic rings. The lowest BCUT2D eigenvalue weighted by atomic mass is 10.1. The third kappa shape index (κ3) is 5.31. The van der Waals surface area contributed by atoms with E-state index in [4.69, 9.17) is 29.0 Å². The van der Waals surface area contributed by atoms with E-state index in [-0.39, 0.29) is 0 Å². The number of hydrogen-bond acceptors (Lipinski definition) is 9. The second-order valence-corrected chi connectivity index (χ2v) is 16.2. The van der Waals surface area contributed by atoms with Crippen LogP contribution in [0.4, 0.5) is 34.5 Å². The van der Waals surface area contributed by atoms with Gasteiger partial charge in [-0.05, 0) is 65.4 Å². The average molecular weight is 803 g/mol. The van der Waals surface area contributed by atoms with Gasteiger partial charge >= 0.3 is 0 Å². The van der Waals surface area contributed by atoms with Crippen LogP contribution in [0.3, 0.4) is 0 Å². The van der Waals surface area contributed by atoms with Crippen molar-refractivity contribution in [2.24, 2.45) is 0 Å². The molecule has 0 saturated heterocycles. The zero-order chi connectivity index (χ0) is 40.0. The Morgan fingerprint density at radius 3 is 1.59 bits per heavy atom. The molecule has 61 heavy (non-hydrogen) atoms. The molecular weight excluding hydrogens is 773 g/mol. The number of anilines is 6. The van der Waals surface area contributed by atoms with Crippen LogP contribution in [0.5, 0.6) is 0 Å². The Balaban J connectivity index is 0.981. The Labute approximate surface area is 351 Å². The molecule has 13 rings (SSSR count). The molecule has 8 nitrogen and oxygen atoms in total. The van der Waals surface area contributed by atoms with Gasteiger partial charge in [-0.1, -0.05) is 109 Å². The van der Waals surface area contributed by atoms with Crippen molar-refractivity contribution in [3.05, 3.63) is 182 Å². The summed E-state index contributed by atoms with van der Waals surface area (Å²) >= 11 is 1.58. The number of fused-ring (bicyclic) bond motifs is 11. The summed E-state index contributed by atoms with van der Waals surface area (Å²) in [4.78, 5) is 15.4. The lowest BCUT2D eigenvalue weighted by Gasteiger charge is -2.25. The van der Waals surface area contributed by atoms with E-state index in [1.807, 2.05) is 42.6 Å². The van der Waals surface area contributed by atoms with Crippen molar-refractivity contribution in [3.63, 3.8) is 0 Å². The maximum atomic E-state index is 6.39. The molecule has 0 aliphatic heterocycles. The number of aromatic nitrogens is 4. The predicted octanol–water partition coefficient (Wildman–Crippen LogP) is 14.7. The number of nitrogens with zero attached hydrogens (tertiary/aromatic N) is 6. The summed E-state index contributed by atoms with van der Waals surface area (Å²) in [6, 6.07) is 60.6. The molecule has 0 aliphatic rings. The quantitative estimate of drug-likeness (QED) is 0.164. The zero-order valence-corrected chi connectivity index (χ0v) is 33.0. The second-order valence-electron chi connectivity index (χ2n) is 15.1. The average Bonchev–Trinajstić information content (AvgIpc) is 3.99. The largest absolute Gasteiger partial charge is 0.456 e. The fourth-order valence-corrected chi connectivity index (χ4v) is 9.83. The van der Waals surface area contributed by atoms with Gasteiger partial charge in [-0.3, -0.25) is 9.80 Å². The van der Waals surface area contributed by atoms with Crippen LogP contribution < -0.4 is 9.80 Å². The third-order valence-electron chi connectivity index (χ3n) is 11.6. The minimum absolute atomic E-state index is 0.454. The highest BCUT2D eigenvalue weighted by Gasteiger charge is 2.24. The summed E-state index contributed by atoms with van der Waals surface area (Å²) in [6.45, 7) is 0. The van der Waals surface area contributed by atoms with E-state index in [0.29, 0.717) is 11.5 Å². The maximum absolute atomic E-state index is 6.39. The van der Waals surface area contributed by atoms with Crippen LogP contribution >= 0.6 is 11.3 Å². The van der Waals surface area contributed by atoms with Crippen molar-refractivity contribution < 1.29 is 8.83 Å². The van der Waals surface area contributed by atoms with E-state index >= 15 is 0 Å². The van der Waals surface area contributed by atoms with Crippen LogP contribution in [-0.4, -0.2) is 20.2 Å². The molecule has 5 aromatic heterocycles. The minimum atomic E-state index is 0.454. The first kappa shape index (κ1) is 33.8. The molecule has 0 radical (unpaired) electrons. The molecule has 0 fully saturated rings. The van der Waals surface area contributed by atoms with Crippen LogP contribution in [0, 0.1) is 0 Å². The van der Waals surface area contributed by atoms with Crippen molar-refractivity contribution in [2.75, 3.05) is 9.80 Å². The third-order valence-corrected chi connectivity index (χ3v) is 12.7. The highest BCUT2D eigenvalue weighted by atomic mass is 32.1. The molecule has 0 amide bonds. The summed E-state index contributed by atoms with van der Waals surface area (Å²) in [5.41, 5.74) is 7.75. The van der Waals surface area contributed by atoms with Gasteiger partial charge in [0, 0.05) is 60.7 Å². The summed E-state index contributed by atoms with van der Waals surface area (Å²) in [6.07, 6.45) is 1.90. The van der Waals surface area contributed by atoms with Gasteiger partial charge in [-0.25, -0.2) is 4.98 Å². The van der Waals surface area contributed by atoms with Gasteiger partial charge in [0.1, 0.15) is 38.5 Å². The fourth-order valence-electron chi connectivity index (χ4n) is 8.82. The molecule has 0 aliphatic carbocycles. The lowest BCUT2D eigenvalue weighted by Crippen LogP contribution is -2.14. The Morgan fingerprint density at radius 2 is 0.951 bits per heavy atom. The SMILES string of the molecule is c1ccc2c(N(c3ccc4c(c3)oc3ccccc34)c3cc4sc5nc(N(c6ccc7c(c6)oc6ccccc67)c6cccc7ccccc67)nnc5c4cn3)cccc2c1. The minimum Gasteiger partial charge on any atom is -0.456 e. The van der Waals surface area contributed by atoms with Gasteiger partial charge in [0.2, 0.25) is 0 Å². The molecular formula is C52H30N6O2S. The zero-order valence-electron chi connectivity index (χ0n) is 32.2. The summed E-state index contributed by atoms with van der Waals surface area (Å²) in [5.74, 6) is 1.21. The van der Waals surface area contributed by atoms with Crippen molar-refractivity contribution in [3.8, 4) is 0 Å². The van der Waals surface area contributed by atoms with Crippen LogP contribution in [0.1, 0.15) is 0 Å². The first-order valence-electron chi connectivity index (χ1n) is 20.0. The van der Waals surface area contributed by atoms with Gasteiger partial charge in [-0.2, -0.15) is 4.98 Å². The smallest absolute Gasteiger partial charge is 0.255 e.